The van der Waals surface area contributed by atoms with Gasteiger partial charge in [-0.05, 0) is 30.9 Å². The van der Waals surface area contributed by atoms with Crippen LogP contribution in [0.3, 0.4) is 0 Å². The van der Waals surface area contributed by atoms with Crippen molar-refractivity contribution >= 4 is 0 Å². The Labute approximate surface area is 126 Å². The Morgan fingerprint density at radius 2 is 2.19 bits per heavy atom. The number of nitrogens with two attached hydrogens (primary N) is 1. The SMILES string of the molecule is COC1CCCCC1(O)C1(CN)COc2ccccc2C1. The van der Waals surface area contributed by atoms with Gasteiger partial charge in [0.1, 0.15) is 11.4 Å². The summed E-state index contributed by atoms with van der Waals surface area (Å²) < 4.78 is 11.6. The van der Waals surface area contributed by atoms with Gasteiger partial charge in [0.15, 0.2) is 0 Å². The van der Waals surface area contributed by atoms with Crippen molar-refractivity contribution in [3.05, 3.63) is 29.8 Å². The zero-order valence-electron chi connectivity index (χ0n) is 12.7. The van der Waals surface area contributed by atoms with E-state index in [0.717, 1.165) is 43.4 Å². The Hall–Kier alpha value is -1.10. The number of aliphatic hydroxyl groups is 1. The summed E-state index contributed by atoms with van der Waals surface area (Å²) in [6, 6.07) is 8.02. The van der Waals surface area contributed by atoms with Gasteiger partial charge in [0, 0.05) is 13.7 Å². The Kier molecular flexibility index (Phi) is 3.95. The zero-order chi connectivity index (χ0) is 14.9. The standard InChI is InChI=1S/C17H25NO3/c1-20-15-8-4-5-9-17(15,19)16(11-18)10-13-6-2-3-7-14(13)21-12-16/h2-3,6-7,15,19H,4-5,8-12,18H2,1H3. The van der Waals surface area contributed by atoms with Crippen LogP contribution in [0.5, 0.6) is 5.75 Å². The molecule has 0 bridgehead atoms. The van der Waals surface area contributed by atoms with E-state index in [1.54, 1.807) is 7.11 Å². The van der Waals surface area contributed by atoms with Gasteiger partial charge in [-0.3, -0.25) is 0 Å². The van der Waals surface area contributed by atoms with Gasteiger partial charge in [-0.1, -0.05) is 31.0 Å². The van der Waals surface area contributed by atoms with Crippen LogP contribution in [0, 0.1) is 5.41 Å². The summed E-state index contributed by atoms with van der Waals surface area (Å²) in [5.41, 5.74) is 5.88. The average molecular weight is 291 g/mol. The van der Waals surface area contributed by atoms with Gasteiger partial charge in [-0.25, -0.2) is 0 Å². The van der Waals surface area contributed by atoms with Crippen molar-refractivity contribution in [1.29, 1.82) is 0 Å². The van der Waals surface area contributed by atoms with E-state index in [1.807, 2.05) is 18.2 Å². The highest BCUT2D eigenvalue weighted by Crippen LogP contribution is 2.48. The molecule has 21 heavy (non-hydrogen) atoms. The lowest BCUT2D eigenvalue weighted by Crippen LogP contribution is -2.65. The quantitative estimate of drug-likeness (QED) is 0.892. The molecule has 116 valence electrons. The second-order valence-electron chi connectivity index (χ2n) is 6.45. The van der Waals surface area contributed by atoms with Gasteiger partial charge in [0.25, 0.3) is 0 Å². The van der Waals surface area contributed by atoms with E-state index < -0.39 is 11.0 Å². The fraction of sp³-hybridized carbons (Fsp3) is 0.647. The van der Waals surface area contributed by atoms with E-state index in [-0.39, 0.29) is 6.10 Å². The molecule has 3 N–H and O–H groups in total. The summed E-state index contributed by atoms with van der Waals surface area (Å²) in [7, 11) is 1.68. The van der Waals surface area contributed by atoms with Crippen molar-refractivity contribution in [3.63, 3.8) is 0 Å². The third-order valence-electron chi connectivity index (χ3n) is 5.41. The number of rotatable bonds is 3. The predicted molar refractivity (Wildman–Crippen MR) is 81.3 cm³/mol. The fourth-order valence-electron chi connectivity index (χ4n) is 4.05. The van der Waals surface area contributed by atoms with Crippen LogP contribution in [0.1, 0.15) is 31.2 Å². The maximum absolute atomic E-state index is 11.4. The van der Waals surface area contributed by atoms with Gasteiger partial charge in [0.2, 0.25) is 0 Å². The highest BCUT2D eigenvalue weighted by molar-refractivity contribution is 5.37. The van der Waals surface area contributed by atoms with Crippen LogP contribution < -0.4 is 10.5 Å². The van der Waals surface area contributed by atoms with Crippen LogP contribution in [0.15, 0.2) is 24.3 Å². The number of para-hydroxylation sites is 1. The molecule has 1 fully saturated rings. The fourth-order valence-corrected chi connectivity index (χ4v) is 4.05. The largest absolute Gasteiger partial charge is 0.493 e. The van der Waals surface area contributed by atoms with Crippen molar-refractivity contribution in [2.24, 2.45) is 11.1 Å². The molecule has 0 radical (unpaired) electrons. The first-order chi connectivity index (χ1) is 10.1. The summed E-state index contributed by atoms with van der Waals surface area (Å²) in [5, 5.41) is 11.4. The summed E-state index contributed by atoms with van der Waals surface area (Å²) in [5.74, 6) is 0.912. The van der Waals surface area contributed by atoms with Gasteiger partial charge in [-0.15, -0.1) is 0 Å². The molecule has 1 aromatic rings. The maximum atomic E-state index is 11.4. The van der Waals surface area contributed by atoms with Crippen molar-refractivity contribution < 1.29 is 14.6 Å². The first kappa shape index (κ1) is 14.8. The number of hydrogen-bond donors (Lipinski definition) is 2. The minimum absolute atomic E-state index is 0.163. The van der Waals surface area contributed by atoms with Crippen LogP contribution in [0.4, 0.5) is 0 Å². The molecule has 0 amide bonds. The van der Waals surface area contributed by atoms with Crippen molar-refractivity contribution in [2.45, 2.75) is 43.8 Å². The topological polar surface area (TPSA) is 64.7 Å². The molecule has 3 unspecified atom stereocenters. The summed E-state index contributed by atoms with van der Waals surface area (Å²) >= 11 is 0. The molecule has 0 saturated heterocycles. The van der Waals surface area contributed by atoms with E-state index in [4.69, 9.17) is 15.2 Å². The second-order valence-corrected chi connectivity index (χ2v) is 6.45. The Morgan fingerprint density at radius 1 is 1.38 bits per heavy atom. The third-order valence-corrected chi connectivity index (χ3v) is 5.41. The second kappa shape index (κ2) is 5.59. The van der Waals surface area contributed by atoms with Crippen molar-refractivity contribution in [1.82, 2.24) is 0 Å². The summed E-state index contributed by atoms with van der Waals surface area (Å²) in [6.45, 7) is 0.856. The first-order valence-corrected chi connectivity index (χ1v) is 7.81. The normalized spacial score (nSPS) is 35.9. The molecule has 1 saturated carbocycles. The minimum Gasteiger partial charge on any atom is -0.493 e. The maximum Gasteiger partial charge on any atom is 0.122 e. The van der Waals surface area contributed by atoms with E-state index in [1.165, 1.54) is 0 Å². The average Bonchev–Trinajstić information content (AvgIpc) is 2.54. The Balaban J connectivity index is 1.97. The van der Waals surface area contributed by atoms with Crippen LogP contribution in [-0.2, 0) is 11.2 Å². The van der Waals surface area contributed by atoms with Crippen LogP contribution in [0.25, 0.3) is 0 Å². The molecule has 1 aromatic carbocycles. The van der Waals surface area contributed by atoms with E-state index in [2.05, 4.69) is 6.07 Å². The molecule has 0 spiro atoms. The molecule has 0 aromatic heterocycles. The summed E-state index contributed by atoms with van der Waals surface area (Å²) in [6.07, 6.45) is 4.31. The monoisotopic (exact) mass is 291 g/mol. The number of fused-ring (bicyclic) bond motifs is 1. The highest BCUT2D eigenvalue weighted by Gasteiger charge is 2.57. The third kappa shape index (κ3) is 2.26. The van der Waals surface area contributed by atoms with Gasteiger partial charge < -0.3 is 20.3 Å². The molecular formula is C17H25NO3. The Morgan fingerprint density at radius 3 is 2.95 bits per heavy atom. The molecule has 1 aliphatic heterocycles. The lowest BCUT2D eigenvalue weighted by molar-refractivity contribution is -0.197. The van der Waals surface area contributed by atoms with Crippen LogP contribution >= 0.6 is 0 Å². The van der Waals surface area contributed by atoms with Crippen LogP contribution in [-0.4, -0.2) is 37.1 Å². The molecule has 4 heteroatoms. The zero-order valence-corrected chi connectivity index (χ0v) is 12.7. The lowest BCUT2D eigenvalue weighted by Gasteiger charge is -2.53. The molecule has 1 heterocycles. The summed E-state index contributed by atoms with van der Waals surface area (Å²) in [4.78, 5) is 0. The van der Waals surface area contributed by atoms with Crippen molar-refractivity contribution in [3.8, 4) is 5.75 Å². The molecule has 4 nitrogen and oxygen atoms in total. The van der Waals surface area contributed by atoms with Crippen molar-refractivity contribution in [2.75, 3.05) is 20.3 Å². The number of benzene rings is 1. The molecule has 1 aliphatic carbocycles. The molecular weight excluding hydrogens is 266 g/mol. The molecule has 2 aliphatic rings. The van der Waals surface area contributed by atoms with E-state index in [9.17, 15) is 5.11 Å². The highest BCUT2D eigenvalue weighted by atomic mass is 16.5. The number of methoxy groups -OCH3 is 1. The molecule has 3 rings (SSSR count). The van der Waals surface area contributed by atoms with Gasteiger partial charge >= 0.3 is 0 Å². The van der Waals surface area contributed by atoms with Gasteiger partial charge in [0.05, 0.1) is 18.1 Å². The van der Waals surface area contributed by atoms with Crippen LogP contribution in [0.2, 0.25) is 0 Å². The van der Waals surface area contributed by atoms with Gasteiger partial charge in [-0.2, -0.15) is 0 Å². The smallest absolute Gasteiger partial charge is 0.122 e. The number of ether oxygens (including phenoxy) is 2. The van der Waals surface area contributed by atoms with E-state index in [0.29, 0.717) is 13.2 Å². The Bertz CT molecular complexity index is 507. The lowest BCUT2D eigenvalue weighted by atomic mass is 9.60. The minimum atomic E-state index is -0.914. The predicted octanol–water partition coefficient (Wildman–Crippen LogP) is 1.89. The van der Waals surface area contributed by atoms with E-state index >= 15 is 0 Å². The molecule has 3 atom stereocenters. The number of hydrogen-bond acceptors (Lipinski definition) is 4. The first-order valence-electron chi connectivity index (χ1n) is 7.81.